The van der Waals surface area contributed by atoms with Gasteiger partial charge in [-0.25, -0.2) is 9.59 Å². The Hall–Kier alpha value is -3.06. The predicted molar refractivity (Wildman–Crippen MR) is 130 cm³/mol. The number of ether oxygens (including phenoxy) is 3. The summed E-state index contributed by atoms with van der Waals surface area (Å²) in [5.74, 6) is 0. The van der Waals surface area contributed by atoms with E-state index in [2.05, 4.69) is 17.0 Å². The molecular weight excluding hydrogens is 432 g/mol. The summed E-state index contributed by atoms with van der Waals surface area (Å²) in [5.41, 5.74) is 2.81. The number of fused-ring (bicyclic) bond motifs is 3. The molecule has 0 spiro atoms. The molecule has 0 radical (unpaired) electrons. The lowest BCUT2D eigenvalue weighted by Gasteiger charge is -2.36. The molecule has 0 N–H and O–H groups in total. The summed E-state index contributed by atoms with van der Waals surface area (Å²) >= 11 is 0. The zero-order valence-electron chi connectivity index (χ0n) is 20.5. The zero-order chi connectivity index (χ0) is 24.3. The van der Waals surface area contributed by atoms with Gasteiger partial charge in [0.05, 0.1) is 7.11 Å². The van der Waals surface area contributed by atoms with Crippen molar-refractivity contribution in [1.82, 2.24) is 9.80 Å². The first-order valence-electron chi connectivity index (χ1n) is 11.9. The Labute approximate surface area is 201 Å². The molecule has 7 heteroatoms. The van der Waals surface area contributed by atoms with Gasteiger partial charge in [0.1, 0.15) is 5.60 Å². The van der Waals surface area contributed by atoms with E-state index >= 15 is 0 Å². The average Bonchev–Trinajstić information content (AvgIpc) is 3.08. The maximum Gasteiger partial charge on any atom is 0.509 e. The van der Waals surface area contributed by atoms with Crippen molar-refractivity contribution < 1.29 is 23.8 Å². The van der Waals surface area contributed by atoms with Crippen molar-refractivity contribution in [2.24, 2.45) is 0 Å². The van der Waals surface area contributed by atoms with E-state index in [-0.39, 0.29) is 6.09 Å². The molecule has 0 unspecified atom stereocenters. The van der Waals surface area contributed by atoms with Crippen LogP contribution in [0.1, 0.15) is 44.7 Å². The lowest BCUT2D eigenvalue weighted by Crippen LogP contribution is -2.50. The van der Waals surface area contributed by atoms with Crippen LogP contribution in [0.25, 0.3) is 11.1 Å². The summed E-state index contributed by atoms with van der Waals surface area (Å²) in [6, 6.07) is 16.2. The molecule has 1 fully saturated rings. The van der Waals surface area contributed by atoms with Crippen molar-refractivity contribution in [2.75, 3.05) is 39.8 Å². The van der Waals surface area contributed by atoms with Gasteiger partial charge >= 0.3 is 12.2 Å². The van der Waals surface area contributed by atoms with Crippen LogP contribution in [-0.4, -0.2) is 67.5 Å². The van der Waals surface area contributed by atoms with Crippen LogP contribution in [0.4, 0.5) is 9.59 Å². The molecule has 0 bridgehead atoms. The van der Waals surface area contributed by atoms with Gasteiger partial charge in [-0.1, -0.05) is 48.5 Å². The van der Waals surface area contributed by atoms with Crippen LogP contribution in [0.2, 0.25) is 0 Å². The Kier molecular flexibility index (Phi) is 6.84. The second-order valence-electron chi connectivity index (χ2n) is 9.89. The molecule has 2 aromatic rings. The Morgan fingerprint density at radius 2 is 1.47 bits per heavy atom. The van der Waals surface area contributed by atoms with E-state index in [0.717, 1.165) is 48.3 Å². The second kappa shape index (κ2) is 9.66. The van der Waals surface area contributed by atoms with Gasteiger partial charge in [-0.15, -0.1) is 0 Å². The highest BCUT2D eigenvalue weighted by atomic mass is 16.7. The molecule has 0 atom stereocenters. The monoisotopic (exact) mass is 466 g/mol. The normalized spacial score (nSPS) is 17.0. The van der Waals surface area contributed by atoms with Gasteiger partial charge in [0.25, 0.3) is 0 Å². The molecule has 1 aliphatic heterocycles. The third-order valence-electron chi connectivity index (χ3n) is 6.47. The van der Waals surface area contributed by atoms with Crippen LogP contribution in [-0.2, 0) is 19.8 Å². The van der Waals surface area contributed by atoms with Gasteiger partial charge in [-0.05, 0) is 51.3 Å². The fourth-order valence-corrected chi connectivity index (χ4v) is 4.93. The smallest absolute Gasteiger partial charge is 0.444 e. The third kappa shape index (κ3) is 4.89. The van der Waals surface area contributed by atoms with Gasteiger partial charge in [0, 0.05) is 37.3 Å². The molecule has 1 saturated heterocycles. The van der Waals surface area contributed by atoms with E-state index in [1.54, 1.807) is 4.90 Å². The minimum absolute atomic E-state index is 0.253. The van der Waals surface area contributed by atoms with E-state index in [0.29, 0.717) is 19.5 Å². The van der Waals surface area contributed by atoms with Crippen molar-refractivity contribution in [1.29, 1.82) is 0 Å². The fraction of sp³-hybridized carbons (Fsp3) is 0.481. The topological polar surface area (TPSA) is 68.3 Å². The highest BCUT2D eigenvalue weighted by molar-refractivity contribution is 5.81. The molecule has 1 amide bonds. The summed E-state index contributed by atoms with van der Waals surface area (Å²) in [5, 5.41) is 0. The fourth-order valence-electron chi connectivity index (χ4n) is 4.93. The number of piperazine rings is 1. The van der Waals surface area contributed by atoms with Crippen molar-refractivity contribution in [2.45, 2.75) is 44.8 Å². The number of carbonyl (C=O) groups is 2. The minimum Gasteiger partial charge on any atom is -0.444 e. The first-order valence-corrected chi connectivity index (χ1v) is 11.9. The summed E-state index contributed by atoms with van der Waals surface area (Å²) < 4.78 is 16.4. The lowest BCUT2D eigenvalue weighted by molar-refractivity contribution is -0.0128. The molecule has 1 aliphatic carbocycles. The average molecular weight is 467 g/mol. The summed E-state index contributed by atoms with van der Waals surface area (Å²) in [6.45, 7) is 9.36. The van der Waals surface area contributed by atoms with E-state index in [1.807, 2.05) is 57.2 Å². The Morgan fingerprint density at radius 3 is 2.00 bits per heavy atom. The Balaban J connectivity index is 1.45. The quantitative estimate of drug-likeness (QED) is 0.576. The van der Waals surface area contributed by atoms with Gasteiger partial charge in [-0.3, -0.25) is 4.90 Å². The maximum atomic E-state index is 12.4. The van der Waals surface area contributed by atoms with E-state index in [4.69, 9.17) is 14.2 Å². The Morgan fingerprint density at radius 1 is 0.912 bits per heavy atom. The van der Waals surface area contributed by atoms with Gasteiger partial charge < -0.3 is 19.1 Å². The van der Waals surface area contributed by atoms with Crippen molar-refractivity contribution in [3.63, 3.8) is 0 Å². The summed E-state index contributed by atoms with van der Waals surface area (Å²) in [7, 11) is 1.34. The number of methoxy groups -OCH3 is 1. The Bertz CT molecular complexity index is 992. The molecule has 182 valence electrons. The number of amides is 1. The number of rotatable bonds is 5. The third-order valence-corrected chi connectivity index (χ3v) is 6.47. The van der Waals surface area contributed by atoms with Crippen LogP contribution in [0.15, 0.2) is 48.5 Å². The molecule has 0 saturated carbocycles. The lowest BCUT2D eigenvalue weighted by atomic mass is 9.86. The van der Waals surface area contributed by atoms with E-state index in [9.17, 15) is 9.59 Å². The van der Waals surface area contributed by atoms with Crippen LogP contribution in [0.5, 0.6) is 0 Å². The van der Waals surface area contributed by atoms with Gasteiger partial charge in [0.2, 0.25) is 0 Å². The summed E-state index contributed by atoms with van der Waals surface area (Å²) in [6.07, 6.45) is 0.531. The number of carbonyl (C=O) groups excluding carboxylic acids is 2. The molecule has 2 aromatic carbocycles. The predicted octanol–water partition coefficient (Wildman–Crippen LogP) is 5.03. The van der Waals surface area contributed by atoms with Gasteiger partial charge in [0.15, 0.2) is 5.60 Å². The van der Waals surface area contributed by atoms with E-state index in [1.165, 1.54) is 7.11 Å². The number of hydrogen-bond donors (Lipinski definition) is 0. The molecule has 1 heterocycles. The van der Waals surface area contributed by atoms with Crippen LogP contribution in [0, 0.1) is 0 Å². The first kappa shape index (κ1) is 24.1. The van der Waals surface area contributed by atoms with Crippen LogP contribution >= 0.6 is 0 Å². The molecule has 0 aromatic heterocycles. The van der Waals surface area contributed by atoms with Gasteiger partial charge in [-0.2, -0.15) is 0 Å². The largest absolute Gasteiger partial charge is 0.509 e. The maximum absolute atomic E-state index is 12.4. The molecule has 4 rings (SSSR count). The van der Waals surface area contributed by atoms with Crippen molar-refractivity contribution in [3.05, 3.63) is 59.7 Å². The molecule has 7 nitrogen and oxygen atoms in total. The number of hydrogen-bond acceptors (Lipinski definition) is 6. The molecule has 34 heavy (non-hydrogen) atoms. The standard InChI is InChI=1S/C27H34N2O5/c1-26(2,3)33-24(30)29-18-16-28(17-19-29)15-9-14-27(34-25(31)32-4)22-12-7-5-10-20(22)21-11-6-8-13-23(21)27/h5-8,10-13H,9,14-19H2,1-4H3. The van der Waals surface area contributed by atoms with Crippen molar-refractivity contribution >= 4 is 12.2 Å². The van der Waals surface area contributed by atoms with Crippen LogP contribution in [0.3, 0.4) is 0 Å². The zero-order valence-corrected chi connectivity index (χ0v) is 20.5. The SMILES string of the molecule is COC(=O)OC1(CCCN2CCN(C(=O)OC(C)(C)C)CC2)c2ccccc2-c2ccccc21. The second-order valence-corrected chi connectivity index (χ2v) is 9.89. The minimum atomic E-state index is -0.876. The number of nitrogens with zero attached hydrogens (tertiary/aromatic N) is 2. The summed E-state index contributed by atoms with van der Waals surface area (Å²) in [4.78, 5) is 28.8. The van der Waals surface area contributed by atoms with Crippen molar-refractivity contribution in [3.8, 4) is 11.1 Å². The molecule has 2 aliphatic rings. The van der Waals surface area contributed by atoms with Crippen LogP contribution < -0.4 is 0 Å². The molecular formula is C27H34N2O5. The first-order chi connectivity index (χ1) is 16.2. The number of benzene rings is 2. The van der Waals surface area contributed by atoms with E-state index < -0.39 is 17.4 Å². The highest BCUT2D eigenvalue weighted by Gasteiger charge is 2.46. The highest BCUT2D eigenvalue weighted by Crippen LogP contribution is 2.52.